The third-order valence-corrected chi connectivity index (χ3v) is 3.66. The highest BCUT2D eigenvalue weighted by molar-refractivity contribution is 6.37. The lowest BCUT2D eigenvalue weighted by atomic mass is 9.94. The number of rotatable bonds is 3. The molecule has 1 saturated carbocycles. The smallest absolute Gasteiger partial charge is 0.272 e. The standard InChI is InChI=1S/C10H9Cl2N3O3/c11-6-3-5(15(17)18)4-7(12)8(6)10(1-2-10)9(13)14-16/h3-4,16H,1-2H2,(H2,13,14). The molecule has 0 bridgehead atoms. The van der Waals surface area contributed by atoms with Gasteiger partial charge in [0.1, 0.15) is 5.84 Å². The van der Waals surface area contributed by atoms with Gasteiger partial charge in [0.15, 0.2) is 0 Å². The fraction of sp³-hybridized carbons (Fsp3) is 0.300. The Morgan fingerprint density at radius 3 is 2.28 bits per heavy atom. The van der Waals surface area contributed by atoms with Gasteiger partial charge in [0, 0.05) is 17.7 Å². The third kappa shape index (κ3) is 1.87. The number of halogens is 2. The van der Waals surface area contributed by atoms with E-state index >= 15 is 0 Å². The Balaban J connectivity index is 2.57. The van der Waals surface area contributed by atoms with Gasteiger partial charge in [-0.25, -0.2) is 0 Å². The number of non-ortho nitro benzene ring substituents is 1. The normalized spacial score (nSPS) is 17.6. The fourth-order valence-corrected chi connectivity index (χ4v) is 2.81. The minimum absolute atomic E-state index is 0.0140. The quantitative estimate of drug-likeness (QED) is 0.294. The van der Waals surface area contributed by atoms with E-state index < -0.39 is 10.3 Å². The van der Waals surface area contributed by atoms with Gasteiger partial charge in [0.05, 0.1) is 20.4 Å². The van der Waals surface area contributed by atoms with Crippen molar-refractivity contribution in [2.24, 2.45) is 10.9 Å². The maximum atomic E-state index is 10.7. The average Bonchev–Trinajstić information content (AvgIpc) is 3.08. The number of hydrogen-bond acceptors (Lipinski definition) is 4. The zero-order valence-electron chi connectivity index (χ0n) is 9.06. The predicted octanol–water partition coefficient (Wildman–Crippen LogP) is 2.68. The van der Waals surface area contributed by atoms with Gasteiger partial charge < -0.3 is 10.9 Å². The third-order valence-electron chi connectivity index (χ3n) is 3.06. The van der Waals surface area contributed by atoms with Gasteiger partial charge in [0.2, 0.25) is 0 Å². The van der Waals surface area contributed by atoms with Gasteiger partial charge in [-0.1, -0.05) is 28.4 Å². The van der Waals surface area contributed by atoms with E-state index in [1.54, 1.807) is 0 Å². The summed E-state index contributed by atoms with van der Waals surface area (Å²) in [4.78, 5) is 10.1. The summed E-state index contributed by atoms with van der Waals surface area (Å²) in [6.07, 6.45) is 1.28. The molecule has 0 unspecified atom stereocenters. The second-order valence-electron chi connectivity index (χ2n) is 4.11. The molecule has 0 atom stereocenters. The van der Waals surface area contributed by atoms with Gasteiger partial charge in [-0.15, -0.1) is 0 Å². The van der Waals surface area contributed by atoms with Crippen molar-refractivity contribution in [1.82, 2.24) is 0 Å². The molecule has 0 spiro atoms. The first-order valence-corrected chi connectivity index (χ1v) is 5.80. The van der Waals surface area contributed by atoms with Crippen molar-refractivity contribution in [3.8, 4) is 0 Å². The lowest BCUT2D eigenvalue weighted by Gasteiger charge is -2.17. The van der Waals surface area contributed by atoms with E-state index in [-0.39, 0.29) is 21.6 Å². The van der Waals surface area contributed by atoms with Crippen molar-refractivity contribution >= 4 is 34.7 Å². The lowest BCUT2D eigenvalue weighted by Crippen LogP contribution is -2.29. The zero-order valence-corrected chi connectivity index (χ0v) is 10.6. The highest BCUT2D eigenvalue weighted by Gasteiger charge is 2.51. The number of nitrogens with two attached hydrogens (primary N) is 1. The van der Waals surface area contributed by atoms with Crippen molar-refractivity contribution in [1.29, 1.82) is 0 Å². The minimum Gasteiger partial charge on any atom is -0.409 e. The van der Waals surface area contributed by atoms with Crippen LogP contribution in [0.1, 0.15) is 18.4 Å². The molecule has 0 amide bonds. The van der Waals surface area contributed by atoms with E-state index in [2.05, 4.69) is 5.16 Å². The highest BCUT2D eigenvalue weighted by Crippen LogP contribution is 2.53. The predicted molar refractivity (Wildman–Crippen MR) is 67.4 cm³/mol. The van der Waals surface area contributed by atoms with Crippen molar-refractivity contribution in [3.05, 3.63) is 37.9 Å². The molecule has 0 aliphatic heterocycles. The van der Waals surface area contributed by atoms with Gasteiger partial charge in [0.25, 0.3) is 5.69 Å². The molecule has 0 heterocycles. The van der Waals surface area contributed by atoms with E-state index in [1.165, 1.54) is 12.1 Å². The Kier molecular flexibility index (Phi) is 3.08. The van der Waals surface area contributed by atoms with Crippen LogP contribution in [0.3, 0.4) is 0 Å². The molecular weight excluding hydrogens is 281 g/mol. The van der Waals surface area contributed by atoms with Crippen molar-refractivity contribution in [2.75, 3.05) is 0 Å². The molecule has 2 rings (SSSR count). The maximum absolute atomic E-state index is 10.7. The van der Waals surface area contributed by atoms with Crippen LogP contribution in [-0.2, 0) is 5.41 Å². The molecule has 18 heavy (non-hydrogen) atoms. The van der Waals surface area contributed by atoms with Crippen LogP contribution in [0.4, 0.5) is 5.69 Å². The van der Waals surface area contributed by atoms with Crippen LogP contribution in [0.25, 0.3) is 0 Å². The number of benzene rings is 1. The summed E-state index contributed by atoms with van der Waals surface area (Å²) in [7, 11) is 0. The lowest BCUT2D eigenvalue weighted by molar-refractivity contribution is -0.384. The molecule has 0 saturated heterocycles. The molecule has 0 radical (unpaired) electrons. The molecule has 1 aliphatic rings. The van der Waals surface area contributed by atoms with Crippen LogP contribution in [-0.4, -0.2) is 16.0 Å². The van der Waals surface area contributed by atoms with Gasteiger partial charge >= 0.3 is 0 Å². The van der Waals surface area contributed by atoms with Gasteiger partial charge in [-0.05, 0) is 12.8 Å². The SMILES string of the molecule is N/C(=N\O)C1(c2c(Cl)cc([N+](=O)[O-])cc2Cl)CC1. The summed E-state index contributed by atoms with van der Waals surface area (Å²) in [6.45, 7) is 0. The fourth-order valence-electron chi connectivity index (χ4n) is 1.98. The average molecular weight is 290 g/mol. The summed E-state index contributed by atoms with van der Waals surface area (Å²) in [6, 6.07) is 2.43. The zero-order chi connectivity index (χ0) is 13.5. The largest absolute Gasteiger partial charge is 0.409 e. The highest BCUT2D eigenvalue weighted by atomic mass is 35.5. The van der Waals surface area contributed by atoms with E-state index in [0.717, 1.165) is 0 Å². The Morgan fingerprint density at radius 1 is 1.44 bits per heavy atom. The van der Waals surface area contributed by atoms with E-state index in [0.29, 0.717) is 18.4 Å². The molecule has 6 nitrogen and oxygen atoms in total. The van der Waals surface area contributed by atoms with Crippen LogP contribution in [0.15, 0.2) is 17.3 Å². The molecule has 96 valence electrons. The topological polar surface area (TPSA) is 102 Å². The molecule has 1 aliphatic carbocycles. The van der Waals surface area contributed by atoms with Crippen LogP contribution in [0.2, 0.25) is 10.0 Å². The van der Waals surface area contributed by atoms with Gasteiger partial charge in [-0.3, -0.25) is 10.1 Å². The van der Waals surface area contributed by atoms with Crippen LogP contribution < -0.4 is 5.73 Å². The Bertz CT molecular complexity index is 532. The first kappa shape index (κ1) is 12.9. The Morgan fingerprint density at radius 2 is 1.94 bits per heavy atom. The second-order valence-corrected chi connectivity index (χ2v) is 4.92. The molecular formula is C10H9Cl2N3O3. The van der Waals surface area contributed by atoms with Gasteiger partial charge in [-0.2, -0.15) is 0 Å². The van der Waals surface area contributed by atoms with E-state index in [1.807, 2.05) is 0 Å². The first-order chi connectivity index (χ1) is 8.42. The number of nitrogens with zero attached hydrogens (tertiary/aromatic N) is 2. The summed E-state index contributed by atoms with van der Waals surface area (Å²) < 4.78 is 0. The summed E-state index contributed by atoms with van der Waals surface area (Å²) in [5.74, 6) is 0.0140. The maximum Gasteiger partial charge on any atom is 0.272 e. The molecule has 1 aromatic rings. The Hall–Kier alpha value is -1.53. The van der Waals surface area contributed by atoms with Crippen molar-refractivity contribution in [3.63, 3.8) is 0 Å². The number of amidine groups is 1. The Labute approximate surface area is 112 Å². The van der Waals surface area contributed by atoms with Crippen LogP contribution in [0.5, 0.6) is 0 Å². The van der Waals surface area contributed by atoms with Crippen molar-refractivity contribution < 1.29 is 10.1 Å². The van der Waals surface area contributed by atoms with Crippen molar-refractivity contribution in [2.45, 2.75) is 18.3 Å². The second kappa shape index (κ2) is 4.29. The summed E-state index contributed by atoms with van der Waals surface area (Å²) in [5, 5.41) is 22.7. The molecule has 0 aromatic heterocycles. The molecule has 1 fully saturated rings. The minimum atomic E-state index is -0.696. The number of hydrogen-bond donors (Lipinski definition) is 2. The monoisotopic (exact) mass is 289 g/mol. The van der Waals surface area contributed by atoms with E-state index in [9.17, 15) is 10.1 Å². The summed E-state index contributed by atoms with van der Waals surface area (Å²) in [5.41, 5.74) is 5.22. The first-order valence-electron chi connectivity index (χ1n) is 5.04. The number of nitro benzene ring substituents is 1. The van der Waals surface area contributed by atoms with Crippen LogP contribution in [0, 0.1) is 10.1 Å². The van der Waals surface area contributed by atoms with Crippen LogP contribution >= 0.6 is 23.2 Å². The number of oxime groups is 1. The summed E-state index contributed by atoms with van der Waals surface area (Å²) >= 11 is 12.0. The molecule has 3 N–H and O–H groups in total. The molecule has 8 heteroatoms. The van der Waals surface area contributed by atoms with E-state index in [4.69, 9.17) is 34.1 Å². The number of nitro groups is 1. The molecule has 1 aromatic carbocycles.